The molecule has 0 spiro atoms. The summed E-state index contributed by atoms with van der Waals surface area (Å²) in [4.78, 5) is 24.2. The van der Waals surface area contributed by atoms with Gasteiger partial charge in [-0.15, -0.1) is 0 Å². The van der Waals surface area contributed by atoms with Gasteiger partial charge in [-0.2, -0.15) is 0 Å². The van der Waals surface area contributed by atoms with E-state index in [0.29, 0.717) is 22.0 Å². The summed E-state index contributed by atoms with van der Waals surface area (Å²) in [5.41, 5.74) is 0.764. The van der Waals surface area contributed by atoms with Crippen molar-refractivity contribution in [2.75, 3.05) is 11.9 Å². The van der Waals surface area contributed by atoms with Crippen LogP contribution in [0.3, 0.4) is 0 Å². The number of carbonyl (C=O) groups is 2. The third kappa shape index (κ3) is 6.68. The van der Waals surface area contributed by atoms with Crippen molar-refractivity contribution in [1.82, 2.24) is 10.0 Å². The zero-order valence-corrected chi connectivity index (χ0v) is 17.9. The highest BCUT2D eigenvalue weighted by Gasteiger charge is 2.15. The van der Waals surface area contributed by atoms with Crippen LogP contribution in [-0.4, -0.2) is 26.8 Å². The summed E-state index contributed by atoms with van der Waals surface area (Å²) in [7, 11) is -3.78. The third-order valence-corrected chi connectivity index (χ3v) is 5.84. The Morgan fingerprint density at radius 1 is 1.00 bits per heavy atom. The Morgan fingerprint density at radius 2 is 1.77 bits per heavy atom. The molecular weight excluding hydrogens is 442 g/mol. The van der Waals surface area contributed by atoms with Gasteiger partial charge in [0.15, 0.2) is 0 Å². The van der Waals surface area contributed by atoms with Crippen LogP contribution in [0.25, 0.3) is 0 Å². The lowest BCUT2D eigenvalue weighted by Crippen LogP contribution is -2.27. The van der Waals surface area contributed by atoms with Gasteiger partial charge in [0.1, 0.15) is 5.76 Å². The van der Waals surface area contributed by atoms with Gasteiger partial charge in [-0.1, -0.05) is 17.7 Å². The van der Waals surface area contributed by atoms with Crippen molar-refractivity contribution in [3.63, 3.8) is 0 Å². The average molecular weight is 462 g/mol. The largest absolute Gasteiger partial charge is 0.468 e. The predicted octanol–water partition coefficient (Wildman–Crippen LogP) is 3.17. The van der Waals surface area contributed by atoms with Crippen molar-refractivity contribution < 1.29 is 22.4 Å². The number of rotatable bonds is 9. The minimum absolute atomic E-state index is 0.00731. The number of anilines is 1. The third-order valence-electron chi connectivity index (χ3n) is 4.19. The second kappa shape index (κ2) is 10.3. The zero-order valence-electron chi connectivity index (χ0n) is 16.3. The van der Waals surface area contributed by atoms with Gasteiger partial charge in [0.05, 0.1) is 17.7 Å². The van der Waals surface area contributed by atoms with Gasteiger partial charge >= 0.3 is 0 Å². The molecule has 1 aromatic heterocycles. The van der Waals surface area contributed by atoms with Crippen LogP contribution in [0.5, 0.6) is 0 Å². The molecule has 0 saturated heterocycles. The summed E-state index contributed by atoms with van der Waals surface area (Å²) in [5, 5.41) is 5.79. The van der Waals surface area contributed by atoms with Crippen LogP contribution in [0.1, 0.15) is 22.5 Å². The molecular formula is C21H20ClN3O5S. The minimum Gasteiger partial charge on any atom is -0.468 e. The average Bonchev–Trinajstić information content (AvgIpc) is 3.27. The van der Waals surface area contributed by atoms with Gasteiger partial charge in [-0.05, 0) is 54.6 Å². The van der Waals surface area contributed by atoms with E-state index in [0.717, 1.165) is 0 Å². The molecule has 0 atom stereocenters. The van der Waals surface area contributed by atoms with Gasteiger partial charge in [0.2, 0.25) is 15.9 Å². The highest BCUT2D eigenvalue weighted by Crippen LogP contribution is 2.16. The number of nitrogens with one attached hydrogen (secondary N) is 3. The number of benzene rings is 2. The monoisotopic (exact) mass is 461 g/mol. The molecule has 1 heterocycles. The van der Waals surface area contributed by atoms with Crippen LogP contribution in [0.15, 0.2) is 76.2 Å². The van der Waals surface area contributed by atoms with Crippen molar-refractivity contribution in [1.29, 1.82) is 0 Å². The van der Waals surface area contributed by atoms with Crippen molar-refractivity contribution in [3.05, 3.63) is 83.3 Å². The summed E-state index contributed by atoms with van der Waals surface area (Å²) >= 11 is 5.79. The van der Waals surface area contributed by atoms with E-state index in [9.17, 15) is 18.0 Å². The highest BCUT2D eigenvalue weighted by atomic mass is 35.5. The maximum Gasteiger partial charge on any atom is 0.251 e. The zero-order chi connectivity index (χ0) is 22.3. The highest BCUT2D eigenvalue weighted by molar-refractivity contribution is 7.89. The Bertz CT molecular complexity index is 1150. The number of sulfonamides is 1. The Kier molecular flexibility index (Phi) is 7.45. The number of furan rings is 1. The molecule has 0 radical (unpaired) electrons. The fraction of sp³-hybridized carbons (Fsp3) is 0.143. The van der Waals surface area contributed by atoms with Gasteiger partial charge in [-0.3, -0.25) is 9.59 Å². The number of halogens is 1. The van der Waals surface area contributed by atoms with Gasteiger partial charge in [0, 0.05) is 29.2 Å². The second-order valence-electron chi connectivity index (χ2n) is 6.49. The van der Waals surface area contributed by atoms with Crippen LogP contribution >= 0.6 is 11.6 Å². The summed E-state index contributed by atoms with van der Waals surface area (Å²) in [6.45, 7) is 0.134. The molecule has 10 heteroatoms. The van der Waals surface area contributed by atoms with E-state index in [1.165, 1.54) is 24.5 Å². The molecule has 162 valence electrons. The minimum atomic E-state index is -3.78. The molecule has 2 aromatic carbocycles. The number of amides is 2. The Balaban J connectivity index is 1.51. The summed E-state index contributed by atoms with van der Waals surface area (Å²) < 4.78 is 32.4. The van der Waals surface area contributed by atoms with E-state index in [2.05, 4.69) is 15.4 Å². The predicted molar refractivity (Wildman–Crippen MR) is 116 cm³/mol. The Morgan fingerprint density at radius 3 is 2.48 bits per heavy atom. The van der Waals surface area contributed by atoms with Crippen LogP contribution < -0.4 is 15.4 Å². The van der Waals surface area contributed by atoms with E-state index < -0.39 is 10.0 Å². The van der Waals surface area contributed by atoms with Crippen molar-refractivity contribution in [2.24, 2.45) is 0 Å². The topological polar surface area (TPSA) is 118 Å². The van der Waals surface area contributed by atoms with Gasteiger partial charge in [-0.25, -0.2) is 13.1 Å². The number of carbonyl (C=O) groups excluding carboxylic acids is 2. The first-order valence-electron chi connectivity index (χ1n) is 9.29. The Labute approximate surface area is 184 Å². The van der Waals surface area contributed by atoms with Crippen molar-refractivity contribution in [2.45, 2.75) is 17.9 Å². The van der Waals surface area contributed by atoms with Crippen molar-refractivity contribution in [3.8, 4) is 0 Å². The fourth-order valence-electron chi connectivity index (χ4n) is 2.62. The molecule has 2 amide bonds. The first kappa shape index (κ1) is 22.5. The molecule has 3 aromatic rings. The van der Waals surface area contributed by atoms with Crippen molar-refractivity contribution >= 4 is 39.1 Å². The van der Waals surface area contributed by atoms with Crippen LogP contribution in [0.4, 0.5) is 5.69 Å². The summed E-state index contributed by atoms with van der Waals surface area (Å²) in [5.74, 6) is -0.205. The molecule has 0 fully saturated rings. The number of hydrogen-bond acceptors (Lipinski definition) is 5. The molecule has 0 bridgehead atoms. The van der Waals surface area contributed by atoms with E-state index in [-0.39, 0.29) is 36.2 Å². The van der Waals surface area contributed by atoms with Crippen LogP contribution in [0.2, 0.25) is 5.02 Å². The molecule has 3 N–H and O–H groups in total. The molecule has 0 unspecified atom stereocenters. The van der Waals surface area contributed by atoms with E-state index in [1.807, 2.05) is 0 Å². The maximum atomic E-state index is 12.4. The van der Waals surface area contributed by atoms with E-state index >= 15 is 0 Å². The summed E-state index contributed by atoms with van der Waals surface area (Å²) in [6, 6.07) is 15.6. The van der Waals surface area contributed by atoms with Crippen LogP contribution in [-0.2, 0) is 21.4 Å². The lowest BCUT2D eigenvalue weighted by molar-refractivity contribution is -0.116. The normalized spacial score (nSPS) is 11.1. The molecule has 0 aliphatic carbocycles. The lowest BCUT2D eigenvalue weighted by Gasteiger charge is -2.09. The van der Waals surface area contributed by atoms with E-state index in [1.54, 1.807) is 42.5 Å². The molecule has 0 saturated carbocycles. The first-order chi connectivity index (χ1) is 14.8. The first-order valence-corrected chi connectivity index (χ1v) is 11.2. The SMILES string of the molecule is O=C(CCNC(=O)c1ccc(Cl)cc1)Nc1cccc(S(=O)(=O)NCc2ccco2)c1. The smallest absolute Gasteiger partial charge is 0.251 e. The van der Waals surface area contributed by atoms with Gasteiger partial charge < -0.3 is 15.1 Å². The second-order valence-corrected chi connectivity index (χ2v) is 8.70. The quantitative estimate of drug-likeness (QED) is 0.452. The molecule has 8 nitrogen and oxygen atoms in total. The molecule has 0 aliphatic heterocycles. The van der Waals surface area contributed by atoms with Gasteiger partial charge in [0.25, 0.3) is 5.91 Å². The number of hydrogen-bond donors (Lipinski definition) is 3. The van der Waals surface area contributed by atoms with E-state index in [4.69, 9.17) is 16.0 Å². The standard InChI is InChI=1S/C21H20ClN3O5S/c22-16-8-6-15(7-9-16)21(27)23-11-10-20(26)25-17-3-1-5-19(13-17)31(28,29)24-14-18-4-2-12-30-18/h1-9,12-13,24H,10-11,14H2,(H,23,27)(H,25,26). The fourth-order valence-corrected chi connectivity index (χ4v) is 3.78. The molecule has 0 aliphatic rings. The lowest BCUT2D eigenvalue weighted by atomic mass is 10.2. The molecule has 31 heavy (non-hydrogen) atoms. The molecule has 3 rings (SSSR count). The maximum absolute atomic E-state index is 12.4. The Hall–Kier alpha value is -3.14. The summed E-state index contributed by atoms with van der Waals surface area (Å²) in [6.07, 6.45) is 1.48. The van der Waals surface area contributed by atoms with Crippen LogP contribution in [0, 0.1) is 0 Å².